The lowest BCUT2D eigenvalue weighted by Crippen LogP contribution is -2.18. The fourth-order valence-corrected chi connectivity index (χ4v) is 1.45. The third-order valence-corrected chi connectivity index (χ3v) is 2.29. The van der Waals surface area contributed by atoms with Gasteiger partial charge in [0.05, 0.1) is 0 Å². The molecule has 2 heterocycles. The number of carboxylic acids is 1. The number of aromatic amines is 1. The molecule has 0 unspecified atom stereocenters. The summed E-state index contributed by atoms with van der Waals surface area (Å²) in [6.07, 6.45) is 0. The van der Waals surface area contributed by atoms with Gasteiger partial charge in [-0.2, -0.15) is 5.10 Å². The number of aromatic carboxylic acids is 1. The zero-order valence-corrected chi connectivity index (χ0v) is 9.32. The van der Waals surface area contributed by atoms with Crippen molar-refractivity contribution in [3.8, 4) is 11.5 Å². The van der Waals surface area contributed by atoms with Crippen LogP contribution in [0.4, 0.5) is 0 Å². The highest BCUT2D eigenvalue weighted by molar-refractivity contribution is 9.10. The molecule has 2 rings (SSSR count). The van der Waals surface area contributed by atoms with Gasteiger partial charge in [-0.25, -0.2) is 9.89 Å². The molecule has 0 amide bonds. The van der Waals surface area contributed by atoms with E-state index >= 15 is 0 Å². The molecule has 0 radical (unpaired) electrons. The normalized spacial score (nSPS) is 10.3. The summed E-state index contributed by atoms with van der Waals surface area (Å²) in [5, 5.41) is 14.5. The van der Waals surface area contributed by atoms with Gasteiger partial charge in [-0.1, -0.05) is 0 Å². The van der Waals surface area contributed by atoms with Gasteiger partial charge in [-0.3, -0.25) is 4.79 Å². The molecular formula is C9H5BrN2O4. The molecule has 7 heteroatoms. The topological polar surface area (TPSA) is 96.2 Å². The van der Waals surface area contributed by atoms with Crippen LogP contribution in [0.25, 0.3) is 11.5 Å². The van der Waals surface area contributed by atoms with Crippen molar-refractivity contribution in [2.75, 3.05) is 0 Å². The van der Waals surface area contributed by atoms with Crippen LogP contribution in [0.3, 0.4) is 0 Å². The Bertz CT molecular complexity index is 602. The van der Waals surface area contributed by atoms with Gasteiger partial charge < -0.3 is 9.52 Å². The molecule has 2 aromatic rings. The van der Waals surface area contributed by atoms with E-state index in [0.717, 1.165) is 6.07 Å². The number of nitrogens with zero attached hydrogens (tertiary/aromatic N) is 1. The first-order chi connectivity index (χ1) is 7.58. The molecule has 0 aliphatic carbocycles. The van der Waals surface area contributed by atoms with E-state index in [1.54, 1.807) is 12.1 Å². The maximum atomic E-state index is 11.1. The predicted molar refractivity (Wildman–Crippen MR) is 57.2 cm³/mol. The molecular weight excluding hydrogens is 280 g/mol. The number of rotatable bonds is 2. The summed E-state index contributed by atoms with van der Waals surface area (Å²) in [7, 11) is 0. The minimum absolute atomic E-state index is 0.253. The van der Waals surface area contributed by atoms with Crippen molar-refractivity contribution in [2.24, 2.45) is 0 Å². The molecule has 16 heavy (non-hydrogen) atoms. The van der Waals surface area contributed by atoms with Crippen LogP contribution >= 0.6 is 15.9 Å². The Labute approximate surface area is 97.0 Å². The van der Waals surface area contributed by atoms with E-state index in [-0.39, 0.29) is 11.3 Å². The summed E-state index contributed by atoms with van der Waals surface area (Å²) in [4.78, 5) is 21.8. The van der Waals surface area contributed by atoms with Crippen LogP contribution in [-0.2, 0) is 0 Å². The Morgan fingerprint density at radius 2 is 2.25 bits per heavy atom. The number of carboxylic acid groups (broad SMARTS) is 1. The maximum Gasteiger partial charge on any atom is 0.341 e. The number of carbonyl (C=O) groups is 1. The number of hydrogen-bond donors (Lipinski definition) is 2. The SMILES string of the molecule is O=C(O)c1cc(-c2ccc(Br)o2)n[nH]c1=O. The number of halogens is 1. The summed E-state index contributed by atoms with van der Waals surface area (Å²) in [5.41, 5.74) is -0.873. The van der Waals surface area contributed by atoms with Crippen LogP contribution in [0.1, 0.15) is 10.4 Å². The van der Waals surface area contributed by atoms with Crippen molar-refractivity contribution < 1.29 is 14.3 Å². The second-order valence-electron chi connectivity index (χ2n) is 2.90. The predicted octanol–water partition coefficient (Wildman–Crippen LogP) is 1.49. The van der Waals surface area contributed by atoms with Crippen LogP contribution in [-0.4, -0.2) is 21.3 Å². The standard InChI is InChI=1S/C9H5BrN2O4/c10-7-2-1-6(16-7)5-3-4(9(14)15)8(13)12-11-5/h1-3H,(H,12,13)(H,14,15). The van der Waals surface area contributed by atoms with Crippen molar-refractivity contribution in [3.63, 3.8) is 0 Å². The van der Waals surface area contributed by atoms with Gasteiger partial charge in [0.1, 0.15) is 11.3 Å². The average molecular weight is 285 g/mol. The number of H-pyrrole nitrogens is 1. The minimum Gasteiger partial charge on any atom is -0.477 e. The quantitative estimate of drug-likeness (QED) is 0.871. The first kappa shape index (κ1) is 10.6. The lowest BCUT2D eigenvalue weighted by Gasteiger charge is -1.96. The van der Waals surface area contributed by atoms with Crippen LogP contribution < -0.4 is 5.56 Å². The van der Waals surface area contributed by atoms with Gasteiger partial charge >= 0.3 is 5.97 Å². The van der Waals surface area contributed by atoms with Crippen molar-refractivity contribution >= 4 is 21.9 Å². The number of aromatic nitrogens is 2. The minimum atomic E-state index is -1.31. The Morgan fingerprint density at radius 3 is 2.81 bits per heavy atom. The van der Waals surface area contributed by atoms with Crippen molar-refractivity contribution in [2.45, 2.75) is 0 Å². The monoisotopic (exact) mass is 284 g/mol. The first-order valence-corrected chi connectivity index (χ1v) is 4.96. The van der Waals surface area contributed by atoms with Gasteiger partial charge in [0.25, 0.3) is 5.56 Å². The molecule has 0 aliphatic rings. The summed E-state index contributed by atoms with van der Waals surface area (Å²) < 4.78 is 5.68. The smallest absolute Gasteiger partial charge is 0.341 e. The Morgan fingerprint density at radius 1 is 1.50 bits per heavy atom. The summed E-state index contributed by atoms with van der Waals surface area (Å²) in [6, 6.07) is 4.41. The lowest BCUT2D eigenvalue weighted by molar-refractivity contribution is 0.0694. The van der Waals surface area contributed by atoms with Gasteiger partial charge in [0.2, 0.25) is 0 Å². The summed E-state index contributed by atoms with van der Waals surface area (Å²) in [6.45, 7) is 0. The van der Waals surface area contributed by atoms with Gasteiger partial charge in [0.15, 0.2) is 10.4 Å². The van der Waals surface area contributed by atoms with Crippen molar-refractivity contribution in [1.82, 2.24) is 10.2 Å². The molecule has 6 nitrogen and oxygen atoms in total. The highest BCUT2D eigenvalue weighted by atomic mass is 79.9. The second kappa shape index (κ2) is 3.93. The fraction of sp³-hybridized carbons (Fsp3) is 0. The molecule has 0 saturated heterocycles. The molecule has 0 aromatic carbocycles. The molecule has 0 fully saturated rings. The summed E-state index contributed by atoms with van der Waals surface area (Å²) in [5.74, 6) is -0.943. The molecule has 2 aromatic heterocycles. The Balaban J connectivity index is 2.55. The van der Waals surface area contributed by atoms with E-state index in [9.17, 15) is 9.59 Å². The molecule has 2 N–H and O–H groups in total. The molecule has 0 spiro atoms. The van der Waals surface area contributed by atoms with Crippen LogP contribution in [0.2, 0.25) is 0 Å². The Hall–Kier alpha value is -1.89. The molecule has 0 aliphatic heterocycles. The third-order valence-electron chi connectivity index (χ3n) is 1.86. The highest BCUT2D eigenvalue weighted by Gasteiger charge is 2.13. The third kappa shape index (κ3) is 1.89. The highest BCUT2D eigenvalue weighted by Crippen LogP contribution is 2.22. The first-order valence-electron chi connectivity index (χ1n) is 4.16. The largest absolute Gasteiger partial charge is 0.477 e. The Kier molecular flexibility index (Phi) is 2.61. The van der Waals surface area contributed by atoms with Crippen LogP contribution in [0.15, 0.2) is 32.1 Å². The molecule has 0 bridgehead atoms. The fourth-order valence-electron chi connectivity index (χ4n) is 1.14. The number of nitrogens with one attached hydrogen (secondary N) is 1. The number of hydrogen-bond acceptors (Lipinski definition) is 4. The lowest BCUT2D eigenvalue weighted by atomic mass is 10.2. The van der Waals surface area contributed by atoms with E-state index in [0.29, 0.717) is 10.4 Å². The molecule has 0 atom stereocenters. The van der Waals surface area contributed by atoms with Gasteiger partial charge in [0, 0.05) is 0 Å². The zero-order chi connectivity index (χ0) is 11.7. The van der Waals surface area contributed by atoms with E-state index in [1.165, 1.54) is 0 Å². The average Bonchev–Trinajstić information content (AvgIpc) is 2.65. The van der Waals surface area contributed by atoms with E-state index in [1.807, 2.05) is 0 Å². The van der Waals surface area contributed by atoms with Gasteiger partial charge in [-0.05, 0) is 34.1 Å². The van der Waals surface area contributed by atoms with Crippen molar-refractivity contribution in [1.29, 1.82) is 0 Å². The van der Waals surface area contributed by atoms with Crippen LogP contribution in [0, 0.1) is 0 Å². The van der Waals surface area contributed by atoms with Gasteiger partial charge in [-0.15, -0.1) is 0 Å². The van der Waals surface area contributed by atoms with Crippen molar-refractivity contribution in [3.05, 3.63) is 38.8 Å². The van der Waals surface area contributed by atoms with E-state index in [4.69, 9.17) is 9.52 Å². The number of furan rings is 1. The van der Waals surface area contributed by atoms with E-state index < -0.39 is 11.5 Å². The maximum absolute atomic E-state index is 11.1. The summed E-state index contributed by atoms with van der Waals surface area (Å²) >= 11 is 3.11. The molecule has 0 saturated carbocycles. The van der Waals surface area contributed by atoms with Crippen LogP contribution in [0.5, 0.6) is 0 Å². The zero-order valence-electron chi connectivity index (χ0n) is 7.73. The molecule has 82 valence electrons. The van der Waals surface area contributed by atoms with E-state index in [2.05, 4.69) is 26.1 Å². The second-order valence-corrected chi connectivity index (χ2v) is 3.69.